The first-order valence-electron chi connectivity index (χ1n) is 5.29. The minimum absolute atomic E-state index is 0.0291. The Bertz CT molecular complexity index is 340. The van der Waals surface area contributed by atoms with Gasteiger partial charge < -0.3 is 10.6 Å². The summed E-state index contributed by atoms with van der Waals surface area (Å²) < 4.78 is 0. The molecular weight excluding hydrogens is 226 g/mol. The van der Waals surface area contributed by atoms with E-state index in [0.717, 1.165) is 6.42 Å². The zero-order chi connectivity index (χ0) is 12.0. The third-order valence-electron chi connectivity index (χ3n) is 2.03. The maximum Gasteiger partial charge on any atom is 0.242 e. The minimum Gasteiger partial charge on any atom is -0.359 e. The van der Waals surface area contributed by atoms with Gasteiger partial charge in [0.05, 0.1) is 5.02 Å². The molecule has 1 aromatic rings. The lowest BCUT2D eigenvalue weighted by Crippen LogP contribution is -2.38. The maximum atomic E-state index is 11.5. The molecular formula is C11H16ClN3O. The smallest absolute Gasteiger partial charge is 0.242 e. The van der Waals surface area contributed by atoms with Gasteiger partial charge in [0.25, 0.3) is 0 Å². The van der Waals surface area contributed by atoms with Gasteiger partial charge >= 0.3 is 0 Å². The van der Waals surface area contributed by atoms with E-state index in [2.05, 4.69) is 15.6 Å². The lowest BCUT2D eigenvalue weighted by atomic mass is 10.3. The first-order chi connectivity index (χ1) is 7.63. The predicted octanol–water partition coefficient (Wildman–Crippen LogP) is 2.06. The fraction of sp³-hybridized carbons (Fsp3) is 0.455. The SMILES string of the molecule is CCCNC(=O)C(C)Nc1ccc(Cl)cn1. The monoisotopic (exact) mass is 241 g/mol. The lowest BCUT2D eigenvalue weighted by Gasteiger charge is -2.14. The van der Waals surface area contributed by atoms with Gasteiger partial charge in [-0.15, -0.1) is 0 Å². The first kappa shape index (κ1) is 12.8. The van der Waals surface area contributed by atoms with Crippen LogP contribution in [0.1, 0.15) is 20.3 Å². The van der Waals surface area contributed by atoms with Crippen LogP contribution in [0.25, 0.3) is 0 Å². The minimum atomic E-state index is -0.305. The van der Waals surface area contributed by atoms with Crippen molar-refractivity contribution in [2.45, 2.75) is 26.3 Å². The van der Waals surface area contributed by atoms with Gasteiger partial charge in [0, 0.05) is 12.7 Å². The summed E-state index contributed by atoms with van der Waals surface area (Å²) in [6, 6.07) is 3.17. The van der Waals surface area contributed by atoms with E-state index in [-0.39, 0.29) is 11.9 Å². The van der Waals surface area contributed by atoms with Gasteiger partial charge in [0.2, 0.25) is 5.91 Å². The molecule has 1 rings (SSSR count). The Hall–Kier alpha value is -1.29. The third kappa shape index (κ3) is 4.06. The van der Waals surface area contributed by atoms with Crippen molar-refractivity contribution in [2.75, 3.05) is 11.9 Å². The molecule has 0 saturated heterocycles. The van der Waals surface area contributed by atoms with Crippen molar-refractivity contribution in [1.82, 2.24) is 10.3 Å². The lowest BCUT2D eigenvalue weighted by molar-refractivity contribution is -0.121. The number of pyridine rings is 1. The van der Waals surface area contributed by atoms with Gasteiger partial charge in [-0.05, 0) is 25.5 Å². The van der Waals surface area contributed by atoms with Crippen molar-refractivity contribution in [1.29, 1.82) is 0 Å². The number of rotatable bonds is 5. The van der Waals surface area contributed by atoms with Crippen LogP contribution in [0, 0.1) is 0 Å². The number of carbonyl (C=O) groups is 1. The largest absolute Gasteiger partial charge is 0.359 e. The summed E-state index contributed by atoms with van der Waals surface area (Å²) in [5, 5.41) is 6.38. The zero-order valence-corrected chi connectivity index (χ0v) is 10.2. The Morgan fingerprint density at radius 1 is 1.56 bits per heavy atom. The summed E-state index contributed by atoms with van der Waals surface area (Å²) in [5.41, 5.74) is 0. The normalized spacial score (nSPS) is 11.9. The fourth-order valence-corrected chi connectivity index (χ4v) is 1.26. The summed E-state index contributed by atoms with van der Waals surface area (Å²) in [4.78, 5) is 15.6. The number of amides is 1. The number of nitrogens with zero attached hydrogens (tertiary/aromatic N) is 1. The van der Waals surface area contributed by atoms with E-state index in [1.54, 1.807) is 25.3 Å². The zero-order valence-electron chi connectivity index (χ0n) is 9.46. The second kappa shape index (κ2) is 6.33. The number of aromatic nitrogens is 1. The molecule has 0 bridgehead atoms. The third-order valence-corrected chi connectivity index (χ3v) is 2.26. The molecule has 0 radical (unpaired) electrons. The summed E-state index contributed by atoms with van der Waals surface area (Å²) in [6.07, 6.45) is 2.47. The van der Waals surface area contributed by atoms with Gasteiger partial charge in [-0.1, -0.05) is 18.5 Å². The maximum absolute atomic E-state index is 11.5. The van der Waals surface area contributed by atoms with E-state index in [4.69, 9.17) is 11.6 Å². The van der Waals surface area contributed by atoms with Crippen molar-refractivity contribution >= 4 is 23.3 Å². The molecule has 1 unspecified atom stereocenters. The second-order valence-corrected chi connectivity index (χ2v) is 3.96. The van der Waals surface area contributed by atoms with Crippen LogP contribution in [-0.2, 0) is 4.79 Å². The molecule has 0 aliphatic carbocycles. The van der Waals surface area contributed by atoms with Crippen LogP contribution in [-0.4, -0.2) is 23.5 Å². The predicted molar refractivity (Wildman–Crippen MR) is 65.6 cm³/mol. The Morgan fingerprint density at radius 3 is 2.88 bits per heavy atom. The summed E-state index contributed by atoms with van der Waals surface area (Å²) in [7, 11) is 0. The van der Waals surface area contributed by atoms with Gasteiger partial charge in [0.15, 0.2) is 0 Å². The molecule has 0 saturated carbocycles. The Morgan fingerprint density at radius 2 is 2.31 bits per heavy atom. The van der Waals surface area contributed by atoms with Gasteiger partial charge in [0.1, 0.15) is 11.9 Å². The van der Waals surface area contributed by atoms with E-state index in [9.17, 15) is 4.79 Å². The Labute approximate surface area is 100 Å². The van der Waals surface area contributed by atoms with Crippen LogP contribution >= 0.6 is 11.6 Å². The van der Waals surface area contributed by atoms with Crippen molar-refractivity contribution in [3.63, 3.8) is 0 Å². The topological polar surface area (TPSA) is 54.0 Å². The molecule has 4 nitrogen and oxygen atoms in total. The molecule has 0 aromatic carbocycles. The second-order valence-electron chi connectivity index (χ2n) is 3.52. The van der Waals surface area contributed by atoms with E-state index < -0.39 is 0 Å². The van der Waals surface area contributed by atoms with Gasteiger partial charge in [-0.25, -0.2) is 4.98 Å². The molecule has 1 heterocycles. The van der Waals surface area contributed by atoms with Crippen LogP contribution in [0.5, 0.6) is 0 Å². The summed E-state index contributed by atoms with van der Waals surface area (Å²) in [6.45, 7) is 4.50. The summed E-state index contributed by atoms with van der Waals surface area (Å²) in [5.74, 6) is 0.613. The molecule has 5 heteroatoms. The number of anilines is 1. The van der Waals surface area contributed by atoms with Crippen molar-refractivity contribution < 1.29 is 4.79 Å². The first-order valence-corrected chi connectivity index (χ1v) is 5.67. The molecule has 2 N–H and O–H groups in total. The molecule has 88 valence electrons. The van der Waals surface area contributed by atoms with Crippen molar-refractivity contribution in [2.24, 2.45) is 0 Å². The quantitative estimate of drug-likeness (QED) is 0.830. The molecule has 0 fully saturated rings. The standard InChI is InChI=1S/C11H16ClN3O/c1-3-6-13-11(16)8(2)15-10-5-4-9(12)7-14-10/h4-5,7-8H,3,6H2,1-2H3,(H,13,16)(H,14,15). The van der Waals surface area contributed by atoms with E-state index in [1.807, 2.05) is 6.92 Å². The molecule has 1 atom stereocenters. The van der Waals surface area contributed by atoms with Crippen LogP contribution in [0.3, 0.4) is 0 Å². The average Bonchev–Trinajstić information content (AvgIpc) is 2.29. The van der Waals surface area contributed by atoms with Crippen LogP contribution in [0.4, 0.5) is 5.82 Å². The highest BCUT2D eigenvalue weighted by Crippen LogP contribution is 2.10. The molecule has 0 aliphatic rings. The van der Waals surface area contributed by atoms with Crippen molar-refractivity contribution in [3.05, 3.63) is 23.4 Å². The summed E-state index contributed by atoms with van der Waals surface area (Å²) >= 11 is 5.71. The fourth-order valence-electron chi connectivity index (χ4n) is 1.15. The van der Waals surface area contributed by atoms with E-state index >= 15 is 0 Å². The molecule has 1 amide bonds. The Kier molecular flexibility index (Phi) is 5.05. The van der Waals surface area contributed by atoms with E-state index in [0.29, 0.717) is 17.4 Å². The molecule has 16 heavy (non-hydrogen) atoms. The highest BCUT2D eigenvalue weighted by molar-refractivity contribution is 6.30. The highest BCUT2D eigenvalue weighted by Gasteiger charge is 2.11. The number of nitrogens with one attached hydrogen (secondary N) is 2. The molecule has 0 spiro atoms. The van der Waals surface area contributed by atoms with Gasteiger partial charge in [-0.2, -0.15) is 0 Å². The van der Waals surface area contributed by atoms with Crippen LogP contribution in [0.15, 0.2) is 18.3 Å². The van der Waals surface area contributed by atoms with Crippen LogP contribution in [0.2, 0.25) is 5.02 Å². The van der Waals surface area contributed by atoms with Crippen LogP contribution < -0.4 is 10.6 Å². The van der Waals surface area contributed by atoms with Gasteiger partial charge in [-0.3, -0.25) is 4.79 Å². The number of halogens is 1. The number of carbonyl (C=O) groups excluding carboxylic acids is 1. The number of hydrogen-bond acceptors (Lipinski definition) is 3. The number of hydrogen-bond donors (Lipinski definition) is 2. The highest BCUT2D eigenvalue weighted by atomic mass is 35.5. The molecule has 1 aromatic heterocycles. The molecule has 0 aliphatic heterocycles. The van der Waals surface area contributed by atoms with E-state index in [1.165, 1.54) is 0 Å². The average molecular weight is 242 g/mol. The Balaban J connectivity index is 2.47. The van der Waals surface area contributed by atoms with Crippen molar-refractivity contribution in [3.8, 4) is 0 Å².